The highest BCUT2D eigenvalue weighted by atomic mass is 35.5. The minimum Gasteiger partial charge on any atom is -0.343 e. The van der Waals surface area contributed by atoms with Crippen LogP contribution >= 0.6 is 11.6 Å². The summed E-state index contributed by atoms with van der Waals surface area (Å²) in [6, 6.07) is -11.9. The molecule has 1 spiro atoms. The van der Waals surface area contributed by atoms with Crippen molar-refractivity contribution >= 4 is 82.5 Å². The Morgan fingerprint density at radius 3 is 1.73 bits per heavy atom. The molecule has 8 rings (SSSR count). The number of alkyl halides is 4. The van der Waals surface area contributed by atoms with Gasteiger partial charge in [-0.15, -0.1) is 11.6 Å². The van der Waals surface area contributed by atoms with E-state index in [4.69, 9.17) is 11.6 Å². The molecule has 0 bridgehead atoms. The third-order valence-electron chi connectivity index (χ3n) is 23.8. The number of hydrogen-bond donors (Lipinski definition) is 3. The smallest absolute Gasteiger partial charge is 0.343 e. The van der Waals surface area contributed by atoms with Crippen LogP contribution < -0.4 is 16.0 Å². The predicted octanol–water partition coefficient (Wildman–Crippen LogP) is 5.60. The van der Waals surface area contributed by atoms with Crippen molar-refractivity contribution in [2.45, 2.75) is 280 Å². The van der Waals surface area contributed by atoms with Crippen LogP contribution in [0.2, 0.25) is 0 Å². The number of halogens is 4. The number of hydrogen-bond acceptors (Lipinski definition) is 12. The minimum absolute atomic E-state index is 0.00904. The number of piperidine rings is 1. The van der Waals surface area contributed by atoms with E-state index in [2.05, 4.69) is 16.0 Å². The van der Waals surface area contributed by atoms with E-state index in [-0.39, 0.29) is 102 Å². The van der Waals surface area contributed by atoms with E-state index in [0.29, 0.717) is 58.0 Å². The molecular formula is C71H112ClF3N12O12. The zero-order chi connectivity index (χ0) is 72.7. The van der Waals surface area contributed by atoms with E-state index in [0.717, 1.165) is 43.4 Å². The number of nitrogens with one attached hydrogen (secondary N) is 3. The molecule has 8 fully saturated rings. The average molecular weight is 1420 g/mol. The maximum absolute atomic E-state index is 15.4. The Kier molecular flexibility index (Phi) is 26.7. The van der Waals surface area contributed by atoms with Gasteiger partial charge in [-0.05, 0) is 140 Å². The van der Waals surface area contributed by atoms with Crippen molar-refractivity contribution in [3.63, 3.8) is 0 Å². The van der Waals surface area contributed by atoms with Crippen molar-refractivity contribution in [3.8, 4) is 0 Å². The molecule has 24 nitrogen and oxygen atoms in total. The Morgan fingerprint density at radius 1 is 0.556 bits per heavy atom. The molecule has 3 aliphatic carbocycles. The van der Waals surface area contributed by atoms with Crippen LogP contribution in [0.3, 0.4) is 0 Å². The van der Waals surface area contributed by atoms with Gasteiger partial charge in [0.2, 0.25) is 70.9 Å². The molecule has 5 saturated heterocycles. The van der Waals surface area contributed by atoms with Gasteiger partial charge in [0, 0.05) is 73.3 Å². The third-order valence-corrected chi connectivity index (χ3v) is 24.3. The van der Waals surface area contributed by atoms with Gasteiger partial charge < -0.3 is 60.0 Å². The summed E-state index contributed by atoms with van der Waals surface area (Å²) in [5.74, 6) is -10.3. The van der Waals surface area contributed by atoms with Gasteiger partial charge in [-0.1, -0.05) is 79.1 Å². The highest BCUT2D eigenvalue weighted by Gasteiger charge is 2.53. The molecule has 0 aromatic carbocycles. The number of amides is 12. The summed E-state index contributed by atoms with van der Waals surface area (Å²) < 4.78 is 42.2. The second-order valence-electron chi connectivity index (χ2n) is 30.5. The number of carbonyl (C=O) groups excluding carboxylic acids is 12. The van der Waals surface area contributed by atoms with E-state index < -0.39 is 173 Å². The van der Waals surface area contributed by atoms with E-state index >= 15 is 28.8 Å². The topological polar surface area (TPSA) is 270 Å². The number of likely N-dealkylation sites (N-methyl/N-ethyl adjacent to an activating group) is 5. The molecule has 3 N–H and O–H groups in total. The molecule has 99 heavy (non-hydrogen) atoms. The highest BCUT2D eigenvalue weighted by Crippen LogP contribution is 2.44. The van der Waals surface area contributed by atoms with Crippen molar-refractivity contribution in [2.75, 3.05) is 68.0 Å². The largest absolute Gasteiger partial charge is 0.393 e. The Hall–Kier alpha value is -6.28. The Balaban J connectivity index is 1.16. The highest BCUT2D eigenvalue weighted by molar-refractivity contribution is 6.21. The van der Waals surface area contributed by atoms with Gasteiger partial charge in [-0.25, -0.2) is 0 Å². The van der Waals surface area contributed by atoms with Crippen molar-refractivity contribution < 1.29 is 70.7 Å². The molecule has 5 heterocycles. The molecule has 0 radical (unpaired) electrons. The number of carbonyl (C=O) groups is 12. The first-order valence-corrected chi connectivity index (χ1v) is 37.3. The third kappa shape index (κ3) is 17.6. The zero-order valence-corrected chi connectivity index (χ0v) is 61.1. The second kappa shape index (κ2) is 33.7. The molecular weight excluding hydrogens is 1310 g/mol. The lowest BCUT2D eigenvalue weighted by atomic mass is 9.78. The Morgan fingerprint density at radius 2 is 1.15 bits per heavy atom. The lowest BCUT2D eigenvalue weighted by molar-refractivity contribution is -0.182. The molecule has 12 amide bonds. The molecule has 28 heteroatoms. The first kappa shape index (κ1) is 78.4. The summed E-state index contributed by atoms with van der Waals surface area (Å²) in [6.07, 6.45) is 5.24. The van der Waals surface area contributed by atoms with E-state index in [1.807, 2.05) is 6.92 Å². The van der Waals surface area contributed by atoms with E-state index in [9.17, 15) is 41.9 Å². The fraction of sp³-hybridized carbons (Fsp3) is 0.831. The van der Waals surface area contributed by atoms with Gasteiger partial charge in [0.05, 0.1) is 12.3 Å². The summed E-state index contributed by atoms with van der Waals surface area (Å²) in [5, 5.41) is 7.67. The summed E-state index contributed by atoms with van der Waals surface area (Å²) in [7, 11) is 7.23. The second-order valence-corrected chi connectivity index (χ2v) is 31.1. The molecule has 0 aromatic rings. The summed E-state index contributed by atoms with van der Waals surface area (Å²) in [6.45, 7) is 11.2. The van der Waals surface area contributed by atoms with Gasteiger partial charge in [0.25, 0.3) is 0 Å². The normalized spacial score (nSPS) is 32.4. The quantitative estimate of drug-likeness (QED) is 0.238. The SMILES string of the molecule is CC[C@H](C)[C@@H]1NC(=O)[C@H](C)N(C)C(=O)C[C@@H](C(=O)N2CCCCC2)N(C)C(=O)[C@H](C(C)C)N(C)C(=O)C2(CCCC2)NC(=O)[C@@H]2CCCN2C(=O)[C@H](CCC2CCC(C(F)(F)F)C(Cl)C2)NC(=O)[C@H]2CCCN2C(=O)[C@H](CC2CCCCC2)N(C)C(=O)[C@@H]2CCN2C(=O)[C@H](C)N(C)C1=O. The fourth-order valence-electron chi connectivity index (χ4n) is 16.8. The minimum atomic E-state index is -4.50. The number of fused-ring (bicyclic) bond motifs is 3. The molecule has 556 valence electrons. The van der Waals surface area contributed by atoms with Crippen LogP contribution in [0.25, 0.3) is 0 Å². The number of likely N-dealkylation sites (tertiary alicyclic amines) is 1. The summed E-state index contributed by atoms with van der Waals surface area (Å²) in [5.41, 5.74) is -1.56. The molecule has 5 aliphatic heterocycles. The lowest BCUT2D eigenvalue weighted by Gasteiger charge is -2.45. The Labute approximate surface area is 587 Å². The summed E-state index contributed by atoms with van der Waals surface area (Å²) in [4.78, 5) is 192. The van der Waals surface area contributed by atoms with Crippen LogP contribution in [0, 0.1) is 29.6 Å². The van der Waals surface area contributed by atoms with Gasteiger partial charge in [0.15, 0.2) is 0 Å². The van der Waals surface area contributed by atoms with E-state index in [1.54, 1.807) is 25.7 Å². The van der Waals surface area contributed by atoms with Gasteiger partial charge in [0.1, 0.15) is 66.0 Å². The van der Waals surface area contributed by atoms with Crippen LogP contribution in [0.4, 0.5) is 13.2 Å². The first-order valence-electron chi connectivity index (χ1n) is 36.9. The van der Waals surface area contributed by atoms with E-state index in [1.165, 1.54) is 83.4 Å². The molecule has 3 saturated carbocycles. The first-order chi connectivity index (χ1) is 46.7. The Bertz CT molecular complexity index is 2960. The van der Waals surface area contributed by atoms with Crippen LogP contribution in [-0.2, 0) is 57.5 Å². The van der Waals surface area contributed by atoms with Crippen molar-refractivity contribution in [2.24, 2.45) is 29.6 Å². The monoisotopic (exact) mass is 1420 g/mol. The van der Waals surface area contributed by atoms with Crippen LogP contribution in [-0.4, -0.2) is 260 Å². The van der Waals surface area contributed by atoms with Crippen LogP contribution in [0.5, 0.6) is 0 Å². The standard InChI is InChI=1S/C71H112ClF3N12O12/c1-12-43(4)57-67(97)80(8)45(6)62(92)87-38-31-53(87)64(94)81(9)54(40-46-23-15-13-16-24-46)66(96)86-37-21-25-51(86)60(90)76-50(30-28-47-27-29-48(49(72)39-47)71(73,74)75)63(93)85-36-22-26-52(85)61(91)78-70(32-17-18-33-70)69(99)83(11)58(42(2)3)68(98)82(10)55(65(95)84-34-19-14-20-35-84)41-56(88)79(7)44(5)59(89)77-57/h42-55,57-58H,12-41H2,1-11H3,(H,76,90)(H,77,89)(H,78,91)/t43-,44-,45-,47?,48?,49?,50-,51+,52-,53-,54-,55-,57-,58-/m0/s1. The van der Waals surface area contributed by atoms with Crippen molar-refractivity contribution in [3.05, 3.63) is 0 Å². The van der Waals surface area contributed by atoms with Crippen LogP contribution in [0.15, 0.2) is 0 Å². The van der Waals surface area contributed by atoms with Gasteiger partial charge >= 0.3 is 6.18 Å². The van der Waals surface area contributed by atoms with Gasteiger partial charge in [-0.2, -0.15) is 13.2 Å². The lowest BCUT2D eigenvalue weighted by Crippen LogP contribution is -2.65. The molecule has 8 aliphatic rings. The number of rotatable bonds is 9. The van der Waals surface area contributed by atoms with Crippen LogP contribution in [0.1, 0.15) is 202 Å². The predicted molar refractivity (Wildman–Crippen MR) is 363 cm³/mol. The molecule has 0 aromatic heterocycles. The fourth-order valence-corrected chi connectivity index (χ4v) is 17.3. The average Bonchev–Trinajstić information content (AvgIpc) is 1.77. The maximum Gasteiger partial charge on any atom is 0.393 e. The maximum atomic E-state index is 15.4. The van der Waals surface area contributed by atoms with Gasteiger partial charge in [-0.3, -0.25) is 57.5 Å². The zero-order valence-electron chi connectivity index (χ0n) is 60.4. The molecule has 14 atom stereocenters. The van der Waals surface area contributed by atoms with Crippen molar-refractivity contribution in [1.82, 2.24) is 60.0 Å². The summed E-state index contributed by atoms with van der Waals surface area (Å²) >= 11 is 6.44. The number of nitrogens with zero attached hydrogens (tertiary/aromatic N) is 9. The van der Waals surface area contributed by atoms with Crippen molar-refractivity contribution in [1.29, 1.82) is 0 Å². The molecule has 3 unspecified atom stereocenters.